The molecule has 0 amide bonds. The van der Waals surface area contributed by atoms with E-state index in [9.17, 15) is 0 Å². The maximum atomic E-state index is 4.72. The first-order valence-electron chi connectivity index (χ1n) is 7.54. The van der Waals surface area contributed by atoms with Gasteiger partial charge < -0.3 is 5.32 Å². The third-order valence-electron chi connectivity index (χ3n) is 3.76. The van der Waals surface area contributed by atoms with E-state index in [2.05, 4.69) is 51.4 Å². The Morgan fingerprint density at radius 2 is 2.04 bits per heavy atom. The average molecular weight is 320 g/mol. The molecular weight excluding hydrogens is 304 g/mol. The molecule has 4 rings (SSSR count). The minimum Gasteiger partial charge on any atom is -0.368 e. The molecule has 114 valence electrons. The van der Waals surface area contributed by atoms with E-state index in [0.29, 0.717) is 0 Å². The van der Waals surface area contributed by atoms with Crippen LogP contribution in [0.2, 0.25) is 0 Å². The Kier molecular flexibility index (Phi) is 3.78. The van der Waals surface area contributed by atoms with E-state index in [1.807, 2.05) is 22.8 Å². The number of aromatic nitrogens is 3. The van der Waals surface area contributed by atoms with Crippen LogP contribution in [-0.4, -0.2) is 21.1 Å². The highest BCUT2D eigenvalue weighted by Crippen LogP contribution is 2.24. The summed E-state index contributed by atoms with van der Waals surface area (Å²) in [7, 11) is 0. The van der Waals surface area contributed by atoms with Crippen LogP contribution in [0.1, 0.15) is 5.56 Å². The van der Waals surface area contributed by atoms with E-state index in [4.69, 9.17) is 5.10 Å². The summed E-state index contributed by atoms with van der Waals surface area (Å²) in [6, 6.07) is 14.5. The third kappa shape index (κ3) is 2.96. The number of anilines is 1. The molecule has 0 radical (unpaired) electrons. The number of nitrogens with zero attached hydrogens (tertiary/aromatic N) is 3. The van der Waals surface area contributed by atoms with Gasteiger partial charge in [0.15, 0.2) is 0 Å². The molecule has 1 N–H and O–H groups in total. The van der Waals surface area contributed by atoms with Crippen LogP contribution in [0.4, 0.5) is 5.82 Å². The maximum Gasteiger partial charge on any atom is 0.146 e. The lowest BCUT2D eigenvalue weighted by molar-refractivity contribution is 0.922. The third-order valence-corrected chi connectivity index (χ3v) is 4.45. The van der Waals surface area contributed by atoms with Crippen molar-refractivity contribution in [3.63, 3.8) is 0 Å². The summed E-state index contributed by atoms with van der Waals surface area (Å²) < 4.78 is 1.99. The van der Waals surface area contributed by atoms with Crippen LogP contribution in [-0.2, 0) is 6.42 Å². The molecule has 4 aromatic heterocycles. The lowest BCUT2D eigenvalue weighted by Gasteiger charge is -2.07. The first-order valence-corrected chi connectivity index (χ1v) is 8.48. The molecule has 0 fully saturated rings. The predicted octanol–water partition coefficient (Wildman–Crippen LogP) is 4.11. The van der Waals surface area contributed by atoms with Gasteiger partial charge in [-0.2, -0.15) is 11.3 Å². The van der Waals surface area contributed by atoms with Gasteiger partial charge in [-0.3, -0.25) is 4.98 Å². The van der Waals surface area contributed by atoms with Gasteiger partial charge in [0.25, 0.3) is 0 Å². The molecule has 4 aromatic rings. The second-order valence-electron chi connectivity index (χ2n) is 5.32. The SMILES string of the molecule is c1cncc(CCNc2ccc3ccc(-c4ccsc4)n3n2)c1. The van der Waals surface area contributed by atoms with Crippen LogP contribution < -0.4 is 5.32 Å². The molecule has 0 aliphatic rings. The molecule has 0 aliphatic heterocycles. The molecule has 0 saturated heterocycles. The van der Waals surface area contributed by atoms with Crippen LogP contribution in [0.3, 0.4) is 0 Å². The lowest BCUT2D eigenvalue weighted by Crippen LogP contribution is -2.08. The number of thiophene rings is 1. The molecule has 0 atom stereocenters. The lowest BCUT2D eigenvalue weighted by atomic mass is 10.2. The minimum atomic E-state index is 0.833. The summed E-state index contributed by atoms with van der Waals surface area (Å²) in [5.74, 6) is 0.883. The van der Waals surface area contributed by atoms with Crippen molar-refractivity contribution in [1.82, 2.24) is 14.6 Å². The maximum absolute atomic E-state index is 4.72. The molecule has 0 bridgehead atoms. The topological polar surface area (TPSA) is 42.2 Å². The van der Waals surface area contributed by atoms with Crippen LogP contribution in [0, 0.1) is 0 Å². The molecule has 23 heavy (non-hydrogen) atoms. The van der Waals surface area contributed by atoms with E-state index >= 15 is 0 Å². The van der Waals surface area contributed by atoms with Crippen molar-refractivity contribution in [2.75, 3.05) is 11.9 Å². The second-order valence-corrected chi connectivity index (χ2v) is 6.10. The Labute approximate surface area is 138 Å². The van der Waals surface area contributed by atoms with Crippen LogP contribution in [0.25, 0.3) is 16.8 Å². The quantitative estimate of drug-likeness (QED) is 0.601. The first-order chi connectivity index (χ1) is 11.4. The Hall–Kier alpha value is -2.66. The monoisotopic (exact) mass is 320 g/mol. The van der Waals surface area contributed by atoms with Crippen molar-refractivity contribution >= 4 is 22.7 Å². The van der Waals surface area contributed by atoms with Crippen molar-refractivity contribution in [1.29, 1.82) is 0 Å². The summed E-state index contributed by atoms with van der Waals surface area (Å²) in [4.78, 5) is 4.14. The summed E-state index contributed by atoms with van der Waals surface area (Å²) >= 11 is 1.70. The molecule has 0 aliphatic carbocycles. The van der Waals surface area contributed by atoms with Crippen molar-refractivity contribution in [3.8, 4) is 11.3 Å². The number of hydrogen-bond donors (Lipinski definition) is 1. The largest absolute Gasteiger partial charge is 0.368 e. The van der Waals surface area contributed by atoms with E-state index < -0.39 is 0 Å². The average Bonchev–Trinajstić information content (AvgIpc) is 3.24. The molecule has 5 heteroatoms. The fraction of sp³-hybridized carbons (Fsp3) is 0.111. The first kappa shape index (κ1) is 14.0. The van der Waals surface area contributed by atoms with Crippen molar-refractivity contribution in [2.45, 2.75) is 6.42 Å². The molecule has 0 unspecified atom stereocenters. The normalized spacial score (nSPS) is 11.0. The highest BCUT2D eigenvalue weighted by molar-refractivity contribution is 7.08. The van der Waals surface area contributed by atoms with Gasteiger partial charge >= 0.3 is 0 Å². The van der Waals surface area contributed by atoms with E-state index in [1.165, 1.54) is 11.1 Å². The Morgan fingerprint density at radius 3 is 2.87 bits per heavy atom. The van der Waals surface area contributed by atoms with Gasteiger partial charge in [-0.25, -0.2) is 4.52 Å². The van der Waals surface area contributed by atoms with Gasteiger partial charge in [-0.1, -0.05) is 6.07 Å². The zero-order chi connectivity index (χ0) is 15.5. The summed E-state index contributed by atoms with van der Waals surface area (Å²) in [5, 5.41) is 12.3. The molecule has 0 aromatic carbocycles. The highest BCUT2D eigenvalue weighted by atomic mass is 32.1. The summed E-state index contributed by atoms with van der Waals surface area (Å²) in [5.41, 5.74) is 4.65. The number of fused-ring (bicyclic) bond motifs is 1. The van der Waals surface area contributed by atoms with Gasteiger partial charge in [0, 0.05) is 29.9 Å². The number of hydrogen-bond acceptors (Lipinski definition) is 4. The van der Waals surface area contributed by atoms with Crippen molar-refractivity contribution in [2.24, 2.45) is 0 Å². The van der Waals surface area contributed by atoms with E-state index in [-0.39, 0.29) is 0 Å². The van der Waals surface area contributed by atoms with E-state index in [0.717, 1.165) is 30.0 Å². The second kappa shape index (κ2) is 6.22. The van der Waals surface area contributed by atoms with Crippen molar-refractivity contribution < 1.29 is 0 Å². The fourth-order valence-corrected chi connectivity index (χ4v) is 3.24. The van der Waals surface area contributed by atoms with Crippen LogP contribution in [0.5, 0.6) is 0 Å². The zero-order valence-corrected chi connectivity index (χ0v) is 13.3. The Balaban J connectivity index is 1.53. The zero-order valence-electron chi connectivity index (χ0n) is 12.5. The minimum absolute atomic E-state index is 0.833. The predicted molar refractivity (Wildman–Crippen MR) is 94.9 cm³/mol. The molecular formula is C18H16N4S. The highest BCUT2D eigenvalue weighted by Gasteiger charge is 2.06. The molecule has 0 spiro atoms. The Bertz CT molecular complexity index is 897. The number of pyridine rings is 1. The smallest absolute Gasteiger partial charge is 0.146 e. The standard InChI is InChI=1S/C18H16N4S/c1-2-14(12-19-9-1)7-10-20-18-6-4-16-3-5-17(22(16)21-18)15-8-11-23-13-15/h1-6,8-9,11-13H,7,10H2,(H,20,21). The molecule has 4 nitrogen and oxygen atoms in total. The van der Waals surface area contributed by atoms with E-state index in [1.54, 1.807) is 17.5 Å². The van der Waals surface area contributed by atoms with Gasteiger partial charge in [-0.15, -0.1) is 5.10 Å². The van der Waals surface area contributed by atoms with Crippen molar-refractivity contribution in [3.05, 3.63) is 71.2 Å². The molecule has 0 saturated carbocycles. The van der Waals surface area contributed by atoms with Gasteiger partial charge in [0.05, 0.1) is 11.2 Å². The van der Waals surface area contributed by atoms with Gasteiger partial charge in [-0.05, 0) is 53.8 Å². The summed E-state index contributed by atoms with van der Waals surface area (Å²) in [6.07, 6.45) is 4.62. The summed E-state index contributed by atoms with van der Waals surface area (Å²) in [6.45, 7) is 0.833. The van der Waals surface area contributed by atoms with Crippen LogP contribution >= 0.6 is 11.3 Å². The van der Waals surface area contributed by atoms with Gasteiger partial charge in [0.2, 0.25) is 0 Å². The number of nitrogens with one attached hydrogen (secondary N) is 1. The van der Waals surface area contributed by atoms with Gasteiger partial charge in [0.1, 0.15) is 5.82 Å². The Morgan fingerprint density at radius 1 is 1.09 bits per heavy atom. The number of rotatable bonds is 5. The molecule has 4 heterocycles. The van der Waals surface area contributed by atoms with Crippen LogP contribution in [0.15, 0.2) is 65.6 Å². The fourth-order valence-electron chi connectivity index (χ4n) is 2.59.